The van der Waals surface area contributed by atoms with Gasteiger partial charge in [0.2, 0.25) is 0 Å². The SMILES string of the molecule is CCc1ccc(NC(=O)c2cc(NCCc3ccccc3OC)ccn2)cc1. The maximum absolute atomic E-state index is 12.5. The van der Waals surface area contributed by atoms with Crippen LogP contribution in [0.4, 0.5) is 11.4 Å². The number of para-hydroxylation sites is 1. The number of anilines is 2. The molecule has 0 aliphatic carbocycles. The van der Waals surface area contributed by atoms with E-state index in [0.29, 0.717) is 5.69 Å². The summed E-state index contributed by atoms with van der Waals surface area (Å²) in [5, 5.41) is 6.23. The largest absolute Gasteiger partial charge is 0.496 e. The third kappa shape index (κ3) is 5.10. The highest BCUT2D eigenvalue weighted by Gasteiger charge is 2.09. The lowest BCUT2D eigenvalue weighted by Gasteiger charge is -2.11. The van der Waals surface area contributed by atoms with Crippen LogP contribution in [0.25, 0.3) is 0 Å². The summed E-state index contributed by atoms with van der Waals surface area (Å²) in [5.41, 5.74) is 4.37. The first-order chi connectivity index (χ1) is 13.7. The first kappa shape index (κ1) is 19.4. The molecule has 0 aliphatic rings. The number of ether oxygens (including phenoxy) is 1. The highest BCUT2D eigenvalue weighted by atomic mass is 16.5. The lowest BCUT2D eigenvalue weighted by atomic mass is 10.1. The molecule has 1 heterocycles. The third-order valence-electron chi connectivity index (χ3n) is 4.53. The number of amides is 1. The van der Waals surface area contributed by atoms with E-state index < -0.39 is 0 Å². The summed E-state index contributed by atoms with van der Waals surface area (Å²) in [7, 11) is 1.68. The molecule has 3 aromatic rings. The molecule has 0 unspecified atom stereocenters. The summed E-state index contributed by atoms with van der Waals surface area (Å²) in [4.78, 5) is 16.7. The maximum atomic E-state index is 12.5. The summed E-state index contributed by atoms with van der Waals surface area (Å²) in [6, 6.07) is 19.4. The summed E-state index contributed by atoms with van der Waals surface area (Å²) in [6.07, 6.45) is 3.43. The number of carbonyl (C=O) groups is 1. The van der Waals surface area contributed by atoms with E-state index in [9.17, 15) is 4.79 Å². The van der Waals surface area contributed by atoms with Crippen molar-refractivity contribution in [3.63, 3.8) is 0 Å². The molecule has 0 fully saturated rings. The number of aryl methyl sites for hydroxylation is 1. The Morgan fingerprint density at radius 3 is 2.57 bits per heavy atom. The van der Waals surface area contributed by atoms with E-state index in [1.54, 1.807) is 19.4 Å². The molecule has 28 heavy (non-hydrogen) atoms. The predicted octanol–water partition coefficient (Wildman–Crippen LogP) is 4.56. The van der Waals surface area contributed by atoms with Crippen LogP contribution in [0.2, 0.25) is 0 Å². The number of aromatic nitrogens is 1. The molecule has 1 aromatic heterocycles. The van der Waals surface area contributed by atoms with Crippen molar-refractivity contribution in [3.8, 4) is 5.75 Å². The zero-order chi connectivity index (χ0) is 19.8. The van der Waals surface area contributed by atoms with Crippen LogP contribution in [-0.2, 0) is 12.8 Å². The second-order valence-corrected chi connectivity index (χ2v) is 6.42. The summed E-state index contributed by atoms with van der Waals surface area (Å²) in [5.74, 6) is 0.658. The highest BCUT2D eigenvalue weighted by molar-refractivity contribution is 6.03. The lowest BCUT2D eigenvalue weighted by Crippen LogP contribution is -2.14. The fourth-order valence-electron chi connectivity index (χ4n) is 2.93. The molecule has 5 heteroatoms. The standard InChI is InChI=1S/C23H25N3O2/c1-3-17-8-10-19(11-9-17)26-23(27)21-16-20(13-15-25-21)24-14-12-18-6-4-5-7-22(18)28-2/h4-11,13,15-16H,3,12,14H2,1-2H3,(H,24,25)(H,26,27). The van der Waals surface area contributed by atoms with Crippen LogP contribution in [0.3, 0.4) is 0 Å². The van der Waals surface area contributed by atoms with Crippen LogP contribution in [-0.4, -0.2) is 24.5 Å². The molecule has 2 aromatic carbocycles. The Bertz CT molecular complexity index is 923. The normalized spacial score (nSPS) is 10.4. The van der Waals surface area contributed by atoms with Crippen molar-refractivity contribution >= 4 is 17.3 Å². The van der Waals surface area contributed by atoms with Crippen molar-refractivity contribution in [1.29, 1.82) is 0 Å². The molecule has 144 valence electrons. The van der Waals surface area contributed by atoms with Gasteiger partial charge in [0, 0.05) is 24.1 Å². The van der Waals surface area contributed by atoms with E-state index in [2.05, 4.69) is 28.6 Å². The minimum atomic E-state index is -0.224. The van der Waals surface area contributed by atoms with Gasteiger partial charge in [-0.2, -0.15) is 0 Å². The second kappa shape index (κ2) is 9.55. The first-order valence-corrected chi connectivity index (χ1v) is 9.41. The minimum absolute atomic E-state index is 0.224. The number of rotatable bonds is 8. The van der Waals surface area contributed by atoms with Crippen LogP contribution in [0.1, 0.15) is 28.5 Å². The van der Waals surface area contributed by atoms with E-state index in [-0.39, 0.29) is 5.91 Å². The Kier molecular flexibility index (Phi) is 6.63. The third-order valence-corrected chi connectivity index (χ3v) is 4.53. The molecule has 2 N–H and O–H groups in total. The van der Waals surface area contributed by atoms with E-state index >= 15 is 0 Å². The van der Waals surface area contributed by atoms with Crippen molar-refractivity contribution in [3.05, 3.63) is 83.7 Å². The zero-order valence-electron chi connectivity index (χ0n) is 16.2. The smallest absolute Gasteiger partial charge is 0.274 e. The minimum Gasteiger partial charge on any atom is -0.496 e. The van der Waals surface area contributed by atoms with E-state index in [1.807, 2.05) is 48.5 Å². The Morgan fingerprint density at radius 2 is 1.82 bits per heavy atom. The number of methoxy groups -OCH3 is 1. The zero-order valence-corrected chi connectivity index (χ0v) is 16.2. The Labute approximate surface area is 165 Å². The summed E-state index contributed by atoms with van der Waals surface area (Å²) < 4.78 is 5.38. The van der Waals surface area contributed by atoms with Crippen molar-refractivity contribution in [2.45, 2.75) is 19.8 Å². The number of hydrogen-bond acceptors (Lipinski definition) is 4. The summed E-state index contributed by atoms with van der Waals surface area (Å²) in [6.45, 7) is 2.83. The van der Waals surface area contributed by atoms with Crippen LogP contribution in [0, 0.1) is 0 Å². The van der Waals surface area contributed by atoms with E-state index in [4.69, 9.17) is 4.74 Å². The number of hydrogen-bond donors (Lipinski definition) is 2. The van der Waals surface area contributed by atoms with Gasteiger partial charge in [-0.15, -0.1) is 0 Å². The van der Waals surface area contributed by atoms with Crippen molar-refractivity contribution in [1.82, 2.24) is 4.98 Å². The first-order valence-electron chi connectivity index (χ1n) is 9.41. The van der Waals surface area contributed by atoms with Crippen molar-refractivity contribution < 1.29 is 9.53 Å². The van der Waals surface area contributed by atoms with Crippen LogP contribution < -0.4 is 15.4 Å². The van der Waals surface area contributed by atoms with Crippen molar-refractivity contribution in [2.24, 2.45) is 0 Å². The molecule has 0 aliphatic heterocycles. The quantitative estimate of drug-likeness (QED) is 0.606. The number of pyridine rings is 1. The summed E-state index contributed by atoms with van der Waals surface area (Å²) >= 11 is 0. The number of nitrogens with one attached hydrogen (secondary N) is 2. The van der Waals surface area contributed by atoms with Gasteiger partial charge >= 0.3 is 0 Å². The molecule has 3 rings (SSSR count). The molecular formula is C23H25N3O2. The number of carbonyl (C=O) groups excluding carboxylic acids is 1. The van der Waals surface area contributed by atoms with E-state index in [0.717, 1.165) is 42.1 Å². The maximum Gasteiger partial charge on any atom is 0.274 e. The highest BCUT2D eigenvalue weighted by Crippen LogP contribution is 2.18. The molecule has 0 atom stereocenters. The molecule has 5 nitrogen and oxygen atoms in total. The molecule has 0 bridgehead atoms. The molecule has 0 saturated heterocycles. The van der Waals surface area contributed by atoms with Crippen LogP contribution in [0.5, 0.6) is 5.75 Å². The number of benzene rings is 2. The van der Waals surface area contributed by atoms with Gasteiger partial charge in [-0.05, 0) is 54.3 Å². The second-order valence-electron chi connectivity index (χ2n) is 6.42. The van der Waals surface area contributed by atoms with E-state index in [1.165, 1.54) is 5.56 Å². The van der Waals surface area contributed by atoms with Gasteiger partial charge in [-0.1, -0.05) is 37.3 Å². The molecule has 0 radical (unpaired) electrons. The predicted molar refractivity (Wildman–Crippen MR) is 113 cm³/mol. The molecule has 0 saturated carbocycles. The molecular weight excluding hydrogens is 350 g/mol. The van der Waals surface area contributed by atoms with Gasteiger partial charge in [-0.3, -0.25) is 9.78 Å². The van der Waals surface area contributed by atoms with Crippen LogP contribution >= 0.6 is 0 Å². The van der Waals surface area contributed by atoms with Crippen molar-refractivity contribution in [2.75, 3.05) is 24.3 Å². The van der Waals surface area contributed by atoms with Gasteiger partial charge in [-0.25, -0.2) is 0 Å². The topological polar surface area (TPSA) is 63.2 Å². The van der Waals surface area contributed by atoms with Gasteiger partial charge in [0.1, 0.15) is 11.4 Å². The Balaban J connectivity index is 1.59. The van der Waals surface area contributed by atoms with Gasteiger partial charge in [0.15, 0.2) is 0 Å². The monoisotopic (exact) mass is 375 g/mol. The van der Waals surface area contributed by atoms with Crippen LogP contribution in [0.15, 0.2) is 66.9 Å². The van der Waals surface area contributed by atoms with Gasteiger partial charge in [0.25, 0.3) is 5.91 Å². The Hall–Kier alpha value is -3.34. The number of nitrogens with zero attached hydrogens (tertiary/aromatic N) is 1. The average Bonchev–Trinajstić information content (AvgIpc) is 2.75. The molecule has 0 spiro atoms. The lowest BCUT2D eigenvalue weighted by molar-refractivity contribution is 0.102. The van der Waals surface area contributed by atoms with Gasteiger partial charge < -0.3 is 15.4 Å². The fraction of sp³-hybridized carbons (Fsp3) is 0.217. The average molecular weight is 375 g/mol. The fourth-order valence-corrected chi connectivity index (χ4v) is 2.93. The molecule has 1 amide bonds. The Morgan fingerprint density at radius 1 is 1.04 bits per heavy atom. The van der Waals surface area contributed by atoms with Gasteiger partial charge in [0.05, 0.1) is 7.11 Å².